The zero-order valence-electron chi connectivity index (χ0n) is 12.3. The lowest BCUT2D eigenvalue weighted by Crippen LogP contribution is -2.36. The highest BCUT2D eigenvalue weighted by Crippen LogP contribution is 2.15. The third-order valence-corrected chi connectivity index (χ3v) is 3.87. The standard InChI is InChI=1S/C12H17N3O7S/c1-2-5-15(7-10(17)18)12(19)8-3-4-11(22-8)23(20,21)14-6-9(13)16/h3-4,14H,2,5-7H2,1H3,(H2,13,16)(H,17,18). The van der Waals surface area contributed by atoms with Crippen LogP contribution >= 0.6 is 0 Å². The molecule has 2 amide bonds. The van der Waals surface area contributed by atoms with E-state index in [1.165, 1.54) is 0 Å². The third kappa shape index (κ3) is 5.38. The molecule has 0 unspecified atom stereocenters. The van der Waals surface area contributed by atoms with Crippen LogP contribution in [0.25, 0.3) is 0 Å². The highest BCUT2D eigenvalue weighted by molar-refractivity contribution is 7.89. The van der Waals surface area contributed by atoms with Gasteiger partial charge in [0, 0.05) is 6.54 Å². The summed E-state index contributed by atoms with van der Waals surface area (Å²) in [5, 5.41) is 8.21. The number of nitrogens with one attached hydrogen (secondary N) is 1. The second kappa shape index (κ2) is 7.74. The molecule has 11 heteroatoms. The summed E-state index contributed by atoms with van der Waals surface area (Å²) >= 11 is 0. The molecule has 0 spiro atoms. The second-order valence-corrected chi connectivity index (χ2v) is 6.23. The smallest absolute Gasteiger partial charge is 0.323 e. The van der Waals surface area contributed by atoms with Crippen LogP contribution in [0.3, 0.4) is 0 Å². The average Bonchev–Trinajstić information content (AvgIpc) is 2.94. The zero-order valence-corrected chi connectivity index (χ0v) is 13.1. The summed E-state index contributed by atoms with van der Waals surface area (Å²) in [7, 11) is -4.13. The molecule has 0 saturated heterocycles. The summed E-state index contributed by atoms with van der Waals surface area (Å²) in [6, 6.07) is 2.15. The fourth-order valence-corrected chi connectivity index (χ4v) is 2.58. The molecule has 1 rings (SSSR count). The molecule has 0 atom stereocenters. The van der Waals surface area contributed by atoms with Crippen molar-refractivity contribution in [2.75, 3.05) is 19.6 Å². The lowest BCUT2D eigenvalue weighted by Gasteiger charge is -2.18. The molecule has 0 aliphatic rings. The number of rotatable bonds is 9. The van der Waals surface area contributed by atoms with Crippen molar-refractivity contribution in [1.29, 1.82) is 0 Å². The first kappa shape index (κ1) is 18.6. The highest BCUT2D eigenvalue weighted by Gasteiger charge is 2.25. The predicted molar refractivity (Wildman–Crippen MR) is 76.9 cm³/mol. The van der Waals surface area contributed by atoms with Crippen molar-refractivity contribution in [3.05, 3.63) is 17.9 Å². The Morgan fingerprint density at radius 1 is 1.35 bits per heavy atom. The highest BCUT2D eigenvalue weighted by atomic mass is 32.2. The van der Waals surface area contributed by atoms with E-state index in [1.807, 2.05) is 4.72 Å². The van der Waals surface area contributed by atoms with Crippen molar-refractivity contribution in [2.24, 2.45) is 5.73 Å². The number of hydrogen-bond acceptors (Lipinski definition) is 6. The lowest BCUT2D eigenvalue weighted by atomic mass is 10.3. The Bertz CT molecular complexity index is 695. The predicted octanol–water partition coefficient (Wildman–Crippen LogP) is -1.02. The van der Waals surface area contributed by atoms with Gasteiger partial charge in [-0.2, -0.15) is 4.72 Å². The van der Waals surface area contributed by atoms with Gasteiger partial charge in [-0.05, 0) is 18.6 Å². The van der Waals surface area contributed by atoms with Gasteiger partial charge in [0.25, 0.3) is 15.9 Å². The molecule has 4 N–H and O–H groups in total. The zero-order chi connectivity index (χ0) is 17.6. The van der Waals surface area contributed by atoms with E-state index in [9.17, 15) is 22.8 Å². The molecule has 0 bridgehead atoms. The molecule has 0 aliphatic heterocycles. The van der Waals surface area contributed by atoms with Crippen LogP contribution in [0.5, 0.6) is 0 Å². The molecule has 0 fully saturated rings. The minimum absolute atomic E-state index is 0.174. The summed E-state index contributed by atoms with van der Waals surface area (Å²) in [5.74, 6) is -3.15. The summed E-state index contributed by atoms with van der Waals surface area (Å²) < 4.78 is 30.5. The number of furan rings is 1. The Kier molecular flexibility index (Phi) is 6.28. The molecular formula is C12H17N3O7S. The Morgan fingerprint density at radius 2 is 2.00 bits per heavy atom. The van der Waals surface area contributed by atoms with Crippen LogP contribution in [-0.2, 0) is 19.6 Å². The van der Waals surface area contributed by atoms with Crippen LogP contribution in [0.15, 0.2) is 21.6 Å². The van der Waals surface area contributed by atoms with Gasteiger partial charge < -0.3 is 20.2 Å². The van der Waals surface area contributed by atoms with Gasteiger partial charge >= 0.3 is 5.97 Å². The monoisotopic (exact) mass is 347 g/mol. The van der Waals surface area contributed by atoms with Crippen LogP contribution < -0.4 is 10.5 Å². The van der Waals surface area contributed by atoms with Crippen molar-refractivity contribution in [3.8, 4) is 0 Å². The van der Waals surface area contributed by atoms with Crippen LogP contribution in [0.2, 0.25) is 0 Å². The van der Waals surface area contributed by atoms with E-state index in [0.29, 0.717) is 6.42 Å². The van der Waals surface area contributed by atoms with Gasteiger partial charge in [-0.1, -0.05) is 6.92 Å². The molecule has 1 aromatic heterocycles. The minimum Gasteiger partial charge on any atom is -0.480 e. The van der Waals surface area contributed by atoms with E-state index in [4.69, 9.17) is 15.3 Å². The fourth-order valence-electron chi connectivity index (χ4n) is 1.66. The van der Waals surface area contributed by atoms with Gasteiger partial charge in [0.1, 0.15) is 6.54 Å². The molecule has 1 aromatic rings. The van der Waals surface area contributed by atoms with Crippen molar-refractivity contribution in [1.82, 2.24) is 9.62 Å². The summed E-state index contributed by atoms with van der Waals surface area (Å²) in [5.41, 5.74) is 4.84. The maximum atomic E-state index is 12.2. The van der Waals surface area contributed by atoms with Crippen LogP contribution in [-0.4, -0.2) is 55.8 Å². The SMILES string of the molecule is CCCN(CC(=O)O)C(=O)c1ccc(S(=O)(=O)NCC(N)=O)o1. The number of hydrogen-bond donors (Lipinski definition) is 3. The molecule has 0 saturated carbocycles. The van der Waals surface area contributed by atoms with Gasteiger partial charge in [-0.3, -0.25) is 14.4 Å². The minimum atomic E-state index is -4.13. The number of primary amides is 1. The normalized spacial score (nSPS) is 11.2. The molecule has 10 nitrogen and oxygen atoms in total. The van der Waals surface area contributed by atoms with E-state index < -0.39 is 46.0 Å². The number of nitrogens with two attached hydrogens (primary N) is 1. The van der Waals surface area contributed by atoms with Gasteiger partial charge in [-0.15, -0.1) is 0 Å². The van der Waals surface area contributed by atoms with Crippen LogP contribution in [0, 0.1) is 0 Å². The Hall–Kier alpha value is -2.40. The first-order valence-electron chi connectivity index (χ1n) is 6.56. The molecule has 1 heterocycles. The van der Waals surface area contributed by atoms with Crippen molar-refractivity contribution >= 4 is 27.8 Å². The first-order valence-corrected chi connectivity index (χ1v) is 8.04. The number of aliphatic carboxylic acids is 1. The first-order chi connectivity index (χ1) is 10.7. The number of sulfonamides is 1. The van der Waals surface area contributed by atoms with E-state index in [0.717, 1.165) is 17.0 Å². The van der Waals surface area contributed by atoms with E-state index in [-0.39, 0.29) is 12.3 Å². The maximum Gasteiger partial charge on any atom is 0.323 e. The second-order valence-electron chi connectivity index (χ2n) is 4.53. The number of carboxylic acid groups (broad SMARTS) is 1. The summed E-state index contributed by atoms with van der Waals surface area (Å²) in [4.78, 5) is 34.5. The molecule has 0 radical (unpaired) electrons. The van der Waals surface area contributed by atoms with Crippen molar-refractivity contribution in [2.45, 2.75) is 18.4 Å². The summed E-state index contributed by atoms with van der Waals surface area (Å²) in [6.45, 7) is 0.782. The number of carbonyl (C=O) groups is 3. The average molecular weight is 347 g/mol. The topological polar surface area (TPSA) is 160 Å². The van der Waals surface area contributed by atoms with Gasteiger partial charge in [0.15, 0.2) is 5.76 Å². The van der Waals surface area contributed by atoms with E-state index >= 15 is 0 Å². The Balaban J connectivity index is 2.94. The number of carbonyl (C=O) groups excluding carboxylic acids is 2. The number of amides is 2. The van der Waals surface area contributed by atoms with Crippen molar-refractivity contribution < 1.29 is 32.3 Å². The maximum absolute atomic E-state index is 12.2. The number of nitrogens with zero attached hydrogens (tertiary/aromatic N) is 1. The van der Waals surface area contributed by atoms with Crippen LogP contribution in [0.4, 0.5) is 0 Å². The van der Waals surface area contributed by atoms with Crippen LogP contribution in [0.1, 0.15) is 23.9 Å². The molecule has 23 heavy (non-hydrogen) atoms. The fraction of sp³-hybridized carbons (Fsp3) is 0.417. The summed E-state index contributed by atoms with van der Waals surface area (Å²) in [6.07, 6.45) is 0.519. The van der Waals surface area contributed by atoms with E-state index in [2.05, 4.69) is 0 Å². The molecule has 0 aliphatic carbocycles. The van der Waals surface area contributed by atoms with Crippen molar-refractivity contribution in [3.63, 3.8) is 0 Å². The molecular weight excluding hydrogens is 330 g/mol. The quantitative estimate of drug-likeness (QED) is 0.515. The molecule has 128 valence electrons. The van der Waals surface area contributed by atoms with Gasteiger partial charge in [0.2, 0.25) is 11.0 Å². The molecule has 0 aromatic carbocycles. The Morgan fingerprint density at radius 3 is 2.52 bits per heavy atom. The largest absolute Gasteiger partial charge is 0.480 e. The number of carboxylic acids is 1. The third-order valence-electron chi connectivity index (χ3n) is 2.60. The van der Waals surface area contributed by atoms with Gasteiger partial charge in [0.05, 0.1) is 6.54 Å². The Labute approximate surface area is 132 Å². The van der Waals surface area contributed by atoms with E-state index in [1.54, 1.807) is 6.92 Å². The van der Waals surface area contributed by atoms with Gasteiger partial charge in [-0.25, -0.2) is 8.42 Å². The lowest BCUT2D eigenvalue weighted by molar-refractivity contribution is -0.137.